The minimum atomic E-state index is 0.856. The first-order chi connectivity index (χ1) is 25.2. The summed E-state index contributed by atoms with van der Waals surface area (Å²) in [6, 6.07) is 54.3. The zero-order chi connectivity index (χ0) is 33.7. The van der Waals surface area contributed by atoms with Crippen LogP contribution >= 0.6 is 0 Å². The van der Waals surface area contributed by atoms with Gasteiger partial charge in [0.1, 0.15) is 11.2 Å². The molecule has 0 bridgehead atoms. The number of fused-ring (bicyclic) bond motifs is 6. The van der Waals surface area contributed by atoms with Crippen LogP contribution in [-0.2, 0) is 0 Å². The Morgan fingerprint density at radius 2 is 0.882 bits per heavy atom. The van der Waals surface area contributed by atoms with E-state index in [0.29, 0.717) is 0 Å². The van der Waals surface area contributed by atoms with Gasteiger partial charge in [-0.05, 0) is 65.2 Å². The van der Waals surface area contributed by atoms with Gasteiger partial charge in [0, 0.05) is 50.6 Å². The smallest absolute Gasteiger partial charge is 0.135 e. The molecule has 10 aromatic rings. The second-order valence-corrected chi connectivity index (χ2v) is 12.7. The molecule has 0 atom stereocenters. The topological polar surface area (TPSA) is 64.7 Å². The van der Waals surface area contributed by atoms with Gasteiger partial charge in [0.25, 0.3) is 0 Å². The molecule has 0 aliphatic carbocycles. The molecule has 5 heterocycles. The monoisotopic (exact) mass is 652 g/mol. The van der Waals surface area contributed by atoms with E-state index in [2.05, 4.69) is 131 Å². The maximum atomic E-state index is 6.04. The van der Waals surface area contributed by atoms with Gasteiger partial charge in [-0.3, -0.25) is 9.97 Å². The van der Waals surface area contributed by atoms with Gasteiger partial charge in [0.05, 0.1) is 33.8 Å². The molecule has 51 heavy (non-hydrogen) atoms. The summed E-state index contributed by atoms with van der Waals surface area (Å²) in [5, 5.41) is 4.38. The van der Waals surface area contributed by atoms with Crippen LogP contribution in [0.5, 0.6) is 0 Å². The minimum absolute atomic E-state index is 0.856. The number of benzene rings is 5. The van der Waals surface area contributed by atoms with Crippen molar-refractivity contribution >= 4 is 43.7 Å². The largest absolute Gasteiger partial charge is 0.456 e. The average molecular weight is 653 g/mol. The molecule has 0 N–H and O–H groups in total. The zero-order valence-corrected chi connectivity index (χ0v) is 27.4. The summed E-state index contributed by atoms with van der Waals surface area (Å²) >= 11 is 0. The van der Waals surface area contributed by atoms with Crippen molar-refractivity contribution in [1.82, 2.24) is 19.9 Å². The molecule has 0 spiro atoms. The van der Waals surface area contributed by atoms with E-state index in [9.17, 15) is 0 Å². The van der Waals surface area contributed by atoms with E-state index in [1.165, 1.54) is 0 Å². The summed E-state index contributed by atoms with van der Waals surface area (Å²) in [4.78, 5) is 19.4. The first-order valence-electron chi connectivity index (χ1n) is 16.9. The highest BCUT2D eigenvalue weighted by atomic mass is 16.3. The molecule has 5 aromatic carbocycles. The van der Waals surface area contributed by atoms with Crippen LogP contribution in [0.4, 0.5) is 0 Å². The van der Waals surface area contributed by atoms with Crippen molar-refractivity contribution in [2.24, 2.45) is 0 Å². The maximum Gasteiger partial charge on any atom is 0.135 e. The highest BCUT2D eigenvalue weighted by molar-refractivity contribution is 6.06. The van der Waals surface area contributed by atoms with E-state index >= 15 is 0 Å². The van der Waals surface area contributed by atoms with Gasteiger partial charge in [-0.1, -0.05) is 109 Å². The lowest BCUT2D eigenvalue weighted by atomic mass is 10.00. The third-order valence-electron chi connectivity index (χ3n) is 9.62. The summed E-state index contributed by atoms with van der Waals surface area (Å²) in [5.41, 5.74) is 13.7. The minimum Gasteiger partial charge on any atom is -0.456 e. The van der Waals surface area contributed by atoms with Crippen molar-refractivity contribution in [2.45, 2.75) is 0 Å². The quantitative estimate of drug-likeness (QED) is 0.173. The highest BCUT2D eigenvalue weighted by Gasteiger charge is 2.12. The number of aromatic nitrogens is 4. The molecule has 238 valence electrons. The number of hydrogen-bond donors (Lipinski definition) is 0. The maximum absolute atomic E-state index is 6.04. The molecule has 0 aliphatic rings. The standard InChI is InChI=1S/C46H28N4O/c1-2-7-43-37(5-1)38-27-35(21-25-44(38)51-43)29-8-12-31(13-9-29)39-22-18-33-16-17-34-19-23-40(50-46(34)45(33)49-39)32-14-10-30(11-15-32)36-20-24-42(48-28-36)41-6-3-4-26-47-41/h1-28H. The van der Waals surface area contributed by atoms with Gasteiger partial charge in [0.15, 0.2) is 0 Å². The van der Waals surface area contributed by atoms with E-state index < -0.39 is 0 Å². The summed E-state index contributed by atoms with van der Waals surface area (Å²) in [6.07, 6.45) is 3.69. The third-order valence-corrected chi connectivity index (χ3v) is 9.62. The molecule has 10 rings (SSSR count). The summed E-state index contributed by atoms with van der Waals surface area (Å²) in [6.45, 7) is 0. The van der Waals surface area contributed by atoms with Gasteiger partial charge in [-0.15, -0.1) is 0 Å². The first kappa shape index (κ1) is 29.0. The number of pyridine rings is 4. The molecular weight excluding hydrogens is 625 g/mol. The molecule has 0 fully saturated rings. The third kappa shape index (κ3) is 5.20. The van der Waals surface area contributed by atoms with Crippen molar-refractivity contribution in [2.75, 3.05) is 0 Å². The molecule has 0 radical (unpaired) electrons. The molecular formula is C46H28N4O. The van der Waals surface area contributed by atoms with Crippen LogP contribution in [0.1, 0.15) is 0 Å². The normalized spacial score (nSPS) is 11.5. The summed E-state index contributed by atoms with van der Waals surface area (Å²) in [5.74, 6) is 0. The van der Waals surface area contributed by atoms with E-state index in [1.807, 2.05) is 42.6 Å². The van der Waals surface area contributed by atoms with Gasteiger partial charge in [-0.2, -0.15) is 0 Å². The van der Waals surface area contributed by atoms with Crippen LogP contribution in [0.15, 0.2) is 175 Å². The molecule has 0 saturated carbocycles. The zero-order valence-electron chi connectivity index (χ0n) is 27.4. The molecule has 0 unspecified atom stereocenters. The molecule has 5 heteroatoms. The fraction of sp³-hybridized carbons (Fsp3) is 0. The van der Waals surface area contributed by atoms with E-state index in [-0.39, 0.29) is 0 Å². The van der Waals surface area contributed by atoms with Crippen molar-refractivity contribution in [3.63, 3.8) is 0 Å². The van der Waals surface area contributed by atoms with Crippen LogP contribution in [-0.4, -0.2) is 19.9 Å². The van der Waals surface area contributed by atoms with Crippen LogP contribution in [0.3, 0.4) is 0 Å². The molecule has 0 amide bonds. The number of para-hydroxylation sites is 1. The molecule has 0 saturated heterocycles. The van der Waals surface area contributed by atoms with Crippen LogP contribution < -0.4 is 0 Å². The Morgan fingerprint density at radius 3 is 1.53 bits per heavy atom. The predicted octanol–water partition coefficient (Wildman–Crippen LogP) is 11.8. The van der Waals surface area contributed by atoms with Crippen molar-refractivity contribution in [1.29, 1.82) is 0 Å². The highest BCUT2D eigenvalue weighted by Crippen LogP contribution is 2.34. The second kappa shape index (κ2) is 11.9. The Kier molecular flexibility index (Phi) is 6.74. The van der Waals surface area contributed by atoms with Crippen molar-refractivity contribution in [3.8, 4) is 56.2 Å². The van der Waals surface area contributed by atoms with E-state index in [1.54, 1.807) is 6.20 Å². The van der Waals surface area contributed by atoms with Gasteiger partial charge < -0.3 is 4.42 Å². The first-order valence-corrected chi connectivity index (χ1v) is 16.9. The Balaban J connectivity index is 0.951. The Morgan fingerprint density at radius 1 is 0.353 bits per heavy atom. The van der Waals surface area contributed by atoms with Crippen LogP contribution in [0.25, 0.3) is 99.9 Å². The fourth-order valence-electron chi connectivity index (χ4n) is 6.89. The van der Waals surface area contributed by atoms with Gasteiger partial charge in [0.2, 0.25) is 0 Å². The van der Waals surface area contributed by atoms with Crippen LogP contribution in [0.2, 0.25) is 0 Å². The second-order valence-electron chi connectivity index (χ2n) is 12.7. The Bertz CT molecular complexity index is 2880. The SMILES string of the molecule is c1ccc(-c2ccc(-c3ccc(-c4ccc5ccc6ccc(-c7ccc(-c8ccc9oc%10ccccc%10c9c8)cc7)nc6c5n4)cc3)cn2)nc1. The molecule has 5 nitrogen and oxygen atoms in total. The predicted molar refractivity (Wildman–Crippen MR) is 207 cm³/mol. The lowest BCUT2D eigenvalue weighted by Gasteiger charge is -2.09. The van der Waals surface area contributed by atoms with Gasteiger partial charge in [-0.25, -0.2) is 9.97 Å². The van der Waals surface area contributed by atoms with Crippen LogP contribution in [0, 0.1) is 0 Å². The average Bonchev–Trinajstić information content (AvgIpc) is 3.59. The van der Waals surface area contributed by atoms with Crippen molar-refractivity contribution < 1.29 is 4.42 Å². The van der Waals surface area contributed by atoms with Gasteiger partial charge >= 0.3 is 0 Å². The van der Waals surface area contributed by atoms with Crippen molar-refractivity contribution in [3.05, 3.63) is 170 Å². The Hall–Kier alpha value is -6.98. The number of furan rings is 1. The Labute approximate surface area is 293 Å². The lowest BCUT2D eigenvalue weighted by molar-refractivity contribution is 0.669. The molecule has 0 aliphatic heterocycles. The van der Waals surface area contributed by atoms with E-state index in [4.69, 9.17) is 14.4 Å². The number of nitrogens with zero attached hydrogens (tertiary/aromatic N) is 4. The lowest BCUT2D eigenvalue weighted by Crippen LogP contribution is -1.91. The molecule has 5 aromatic heterocycles. The number of hydrogen-bond acceptors (Lipinski definition) is 5. The van der Waals surface area contributed by atoms with E-state index in [0.717, 1.165) is 99.9 Å². The summed E-state index contributed by atoms with van der Waals surface area (Å²) < 4.78 is 6.04. The fourth-order valence-corrected chi connectivity index (χ4v) is 6.89. The summed E-state index contributed by atoms with van der Waals surface area (Å²) in [7, 11) is 0. The number of rotatable bonds is 5.